The fourth-order valence-corrected chi connectivity index (χ4v) is 1.23. The van der Waals surface area contributed by atoms with Crippen molar-refractivity contribution in [1.82, 2.24) is 0 Å². The van der Waals surface area contributed by atoms with E-state index in [1.807, 2.05) is 0 Å². The van der Waals surface area contributed by atoms with Crippen molar-refractivity contribution >= 4 is 11.9 Å². The maximum atomic E-state index is 11.7. The van der Waals surface area contributed by atoms with Gasteiger partial charge in [0.05, 0.1) is 12.0 Å². The summed E-state index contributed by atoms with van der Waals surface area (Å²) in [7, 11) is 0. The lowest BCUT2D eigenvalue weighted by Crippen LogP contribution is -2.22. The van der Waals surface area contributed by atoms with Crippen LogP contribution in [0.25, 0.3) is 0 Å². The Hall–Kier alpha value is -2.54. The smallest absolute Gasteiger partial charge is 0.341 e. The number of carbonyl (C=O) groups is 2. The molecule has 0 aliphatic carbocycles. The molecule has 0 bridgehead atoms. The molecule has 0 unspecified atom stereocenters. The van der Waals surface area contributed by atoms with E-state index in [4.69, 9.17) is 15.9 Å². The van der Waals surface area contributed by atoms with Gasteiger partial charge in [0.15, 0.2) is 0 Å². The minimum absolute atomic E-state index is 0.0731. The number of hydrogen-bond acceptors (Lipinski definition) is 4. The van der Waals surface area contributed by atoms with Gasteiger partial charge in [-0.1, -0.05) is 24.8 Å². The molecule has 1 aromatic carbocycles. The number of carbonyl (C=O) groups excluding carboxylic acids is 2. The molecule has 0 aliphatic rings. The van der Waals surface area contributed by atoms with Crippen LogP contribution in [0.1, 0.15) is 23.2 Å². The third kappa shape index (κ3) is 5.09. The Bertz CT molecular complexity index is 485. The number of terminal acetylenes is 1. The number of ether oxygens (including phenoxy) is 2. The molecule has 0 aromatic heterocycles. The summed E-state index contributed by atoms with van der Waals surface area (Å²) in [5, 5.41) is 0. The van der Waals surface area contributed by atoms with Crippen molar-refractivity contribution in [1.29, 1.82) is 0 Å². The number of benzene rings is 1. The molecule has 0 aliphatic heterocycles. The highest BCUT2D eigenvalue weighted by Gasteiger charge is 2.16. The van der Waals surface area contributed by atoms with Crippen molar-refractivity contribution in [3.05, 3.63) is 48.6 Å². The van der Waals surface area contributed by atoms with Gasteiger partial charge in [-0.2, -0.15) is 0 Å². The molecule has 0 heterocycles. The monoisotopic (exact) mass is 258 g/mol. The van der Waals surface area contributed by atoms with Crippen LogP contribution in [-0.2, 0) is 14.3 Å². The van der Waals surface area contributed by atoms with Crippen molar-refractivity contribution in [2.24, 2.45) is 0 Å². The Morgan fingerprint density at radius 2 is 2.00 bits per heavy atom. The Balaban J connectivity index is 2.53. The average Bonchev–Trinajstić information content (AvgIpc) is 2.45. The van der Waals surface area contributed by atoms with E-state index in [-0.39, 0.29) is 12.8 Å². The van der Waals surface area contributed by atoms with Crippen LogP contribution in [-0.4, -0.2) is 18.2 Å². The highest BCUT2D eigenvalue weighted by molar-refractivity contribution is 5.89. The van der Waals surface area contributed by atoms with E-state index in [0.717, 1.165) is 0 Å². The third-order valence-corrected chi connectivity index (χ3v) is 2.15. The van der Waals surface area contributed by atoms with Gasteiger partial charge in [-0.05, 0) is 18.2 Å². The van der Waals surface area contributed by atoms with Gasteiger partial charge in [0.2, 0.25) is 0 Å². The van der Waals surface area contributed by atoms with Gasteiger partial charge in [-0.15, -0.1) is 12.3 Å². The quantitative estimate of drug-likeness (QED) is 0.340. The summed E-state index contributed by atoms with van der Waals surface area (Å²) < 4.78 is 9.88. The van der Waals surface area contributed by atoms with Gasteiger partial charge in [0, 0.05) is 6.42 Å². The molecule has 4 nitrogen and oxygen atoms in total. The lowest BCUT2D eigenvalue weighted by molar-refractivity contribution is -0.161. The molecule has 0 saturated heterocycles. The van der Waals surface area contributed by atoms with Crippen LogP contribution in [0.2, 0.25) is 0 Å². The van der Waals surface area contributed by atoms with Crippen molar-refractivity contribution in [2.75, 3.05) is 0 Å². The van der Waals surface area contributed by atoms with E-state index in [1.54, 1.807) is 30.3 Å². The fraction of sp³-hybridized carbons (Fsp3) is 0.200. The predicted octanol–water partition coefficient (Wildman–Crippen LogP) is 2.31. The molecule has 1 aromatic rings. The third-order valence-electron chi connectivity index (χ3n) is 2.15. The maximum absolute atomic E-state index is 11.7. The molecular formula is C15H14O4. The second kappa shape index (κ2) is 7.72. The van der Waals surface area contributed by atoms with E-state index < -0.39 is 18.2 Å². The summed E-state index contributed by atoms with van der Waals surface area (Å²) in [6.07, 6.45) is 5.50. The molecule has 0 N–H and O–H groups in total. The maximum Gasteiger partial charge on any atom is 0.341 e. The zero-order valence-electron chi connectivity index (χ0n) is 10.4. The first-order chi connectivity index (χ1) is 9.17. The van der Waals surface area contributed by atoms with Crippen LogP contribution in [0.4, 0.5) is 0 Å². The molecule has 4 heteroatoms. The highest BCUT2D eigenvalue weighted by atomic mass is 16.7. The molecule has 1 atom stereocenters. The summed E-state index contributed by atoms with van der Waals surface area (Å²) in [6.45, 7) is 3.45. The molecule has 0 saturated carbocycles. The summed E-state index contributed by atoms with van der Waals surface area (Å²) in [5.41, 5.74) is 0.369. The molecule has 1 rings (SSSR count). The molecule has 0 fully saturated rings. The van der Waals surface area contributed by atoms with E-state index in [0.29, 0.717) is 5.56 Å². The first kappa shape index (κ1) is 14.5. The highest BCUT2D eigenvalue weighted by Crippen LogP contribution is 2.07. The first-order valence-electron chi connectivity index (χ1n) is 5.69. The second-order valence-corrected chi connectivity index (χ2v) is 3.57. The van der Waals surface area contributed by atoms with E-state index in [1.165, 1.54) is 6.08 Å². The van der Waals surface area contributed by atoms with E-state index in [2.05, 4.69) is 12.5 Å². The van der Waals surface area contributed by atoms with Gasteiger partial charge in [-0.3, -0.25) is 4.79 Å². The number of rotatable bonds is 6. The average molecular weight is 258 g/mol. The Morgan fingerprint density at radius 1 is 1.32 bits per heavy atom. The minimum atomic E-state index is -1.11. The number of esters is 2. The van der Waals surface area contributed by atoms with E-state index in [9.17, 15) is 9.59 Å². The van der Waals surface area contributed by atoms with Crippen LogP contribution in [0.15, 0.2) is 43.0 Å². The topological polar surface area (TPSA) is 52.6 Å². The van der Waals surface area contributed by atoms with Crippen LogP contribution in [0.3, 0.4) is 0 Å². The van der Waals surface area contributed by atoms with Gasteiger partial charge < -0.3 is 9.47 Å². The van der Waals surface area contributed by atoms with Crippen LogP contribution < -0.4 is 0 Å². The lowest BCUT2D eigenvalue weighted by Gasteiger charge is -2.14. The molecule has 0 spiro atoms. The lowest BCUT2D eigenvalue weighted by atomic mass is 10.2. The Morgan fingerprint density at radius 3 is 2.58 bits per heavy atom. The SMILES string of the molecule is C#CCCC(=O)O[C@@H](C=C)OC(=O)c1ccccc1. The summed E-state index contributed by atoms with van der Waals surface area (Å²) in [5.74, 6) is 1.20. The molecule has 0 radical (unpaired) electrons. The number of hydrogen-bond donors (Lipinski definition) is 0. The first-order valence-corrected chi connectivity index (χ1v) is 5.69. The van der Waals surface area contributed by atoms with Crippen molar-refractivity contribution in [2.45, 2.75) is 19.1 Å². The zero-order valence-corrected chi connectivity index (χ0v) is 10.4. The van der Waals surface area contributed by atoms with Crippen LogP contribution in [0.5, 0.6) is 0 Å². The Kier molecular flexibility index (Phi) is 5.90. The second-order valence-electron chi connectivity index (χ2n) is 3.57. The molecule has 0 amide bonds. The summed E-state index contributed by atoms with van der Waals surface area (Å²) in [4.78, 5) is 23.0. The van der Waals surface area contributed by atoms with Crippen molar-refractivity contribution in [3.8, 4) is 12.3 Å². The van der Waals surface area contributed by atoms with E-state index >= 15 is 0 Å². The van der Waals surface area contributed by atoms with Crippen molar-refractivity contribution < 1.29 is 19.1 Å². The fourth-order valence-electron chi connectivity index (χ4n) is 1.23. The van der Waals surface area contributed by atoms with Gasteiger partial charge in [0.25, 0.3) is 6.29 Å². The zero-order chi connectivity index (χ0) is 14.1. The predicted molar refractivity (Wildman–Crippen MR) is 70.0 cm³/mol. The van der Waals surface area contributed by atoms with Crippen LogP contribution >= 0.6 is 0 Å². The molecule has 19 heavy (non-hydrogen) atoms. The Labute approximate surface area is 112 Å². The summed E-state index contributed by atoms with van der Waals surface area (Å²) in [6, 6.07) is 8.39. The molecule has 98 valence electrons. The largest absolute Gasteiger partial charge is 0.421 e. The van der Waals surface area contributed by atoms with Crippen LogP contribution in [0, 0.1) is 12.3 Å². The normalized spacial score (nSPS) is 10.9. The van der Waals surface area contributed by atoms with Gasteiger partial charge in [-0.25, -0.2) is 4.79 Å². The standard InChI is InChI=1S/C15H14O4/c1-3-5-11-13(16)18-14(4-2)19-15(17)12-9-7-6-8-10-12/h1,4,6-10,14H,2,5,11H2/t14-/m1/s1. The van der Waals surface area contributed by atoms with Crippen molar-refractivity contribution in [3.63, 3.8) is 0 Å². The summed E-state index contributed by atoms with van der Waals surface area (Å²) >= 11 is 0. The minimum Gasteiger partial charge on any atom is -0.421 e. The van der Waals surface area contributed by atoms with Gasteiger partial charge >= 0.3 is 11.9 Å². The molecular weight excluding hydrogens is 244 g/mol. The van der Waals surface area contributed by atoms with Gasteiger partial charge in [0.1, 0.15) is 0 Å².